The van der Waals surface area contributed by atoms with Crippen molar-refractivity contribution in [1.29, 1.82) is 0 Å². The molecule has 0 aromatic heterocycles. The van der Waals surface area contributed by atoms with Gasteiger partial charge in [-0.05, 0) is 47.7 Å². The number of carbonyl (C=O) groups is 2. The summed E-state index contributed by atoms with van der Waals surface area (Å²) in [5, 5.41) is 22.4. The van der Waals surface area contributed by atoms with Gasteiger partial charge in [-0.3, -0.25) is 34.7 Å². The average Bonchev–Trinajstić information content (AvgIpc) is 3.07. The van der Waals surface area contributed by atoms with Crippen LogP contribution in [-0.4, -0.2) is 25.9 Å². The maximum absolute atomic E-state index is 12.9. The number of nitro benzene ring substituents is 2. The lowest BCUT2D eigenvalue weighted by molar-refractivity contribution is -0.394. The third-order valence-electron chi connectivity index (χ3n) is 4.88. The van der Waals surface area contributed by atoms with E-state index in [1.807, 2.05) is 0 Å². The van der Waals surface area contributed by atoms with Crippen molar-refractivity contribution < 1.29 is 24.2 Å². The topological polar surface area (TPSA) is 133 Å². The first-order valence-corrected chi connectivity index (χ1v) is 11.1. The summed E-state index contributed by atoms with van der Waals surface area (Å²) in [4.78, 5) is 47.5. The van der Waals surface area contributed by atoms with Gasteiger partial charge in [-0.15, -0.1) is 0 Å². The number of benzene rings is 3. The highest BCUT2D eigenvalue weighted by Gasteiger charge is 2.35. The number of nitrogens with zero attached hydrogens (tertiary/aromatic N) is 3. The Labute approximate surface area is 207 Å². The van der Waals surface area contributed by atoms with Crippen LogP contribution in [0.25, 0.3) is 6.08 Å². The van der Waals surface area contributed by atoms with Crippen LogP contribution in [0.1, 0.15) is 11.1 Å². The molecule has 10 nitrogen and oxygen atoms in total. The zero-order valence-electron chi connectivity index (χ0n) is 17.6. The fourth-order valence-electron chi connectivity index (χ4n) is 3.25. The molecule has 1 aliphatic rings. The maximum Gasteiger partial charge on any atom is 0.318 e. The number of ether oxygens (including phenoxy) is 1. The number of thioether (sulfide) groups is 1. The minimum Gasteiger partial charge on any atom is -0.449 e. The van der Waals surface area contributed by atoms with Crippen molar-refractivity contribution in [2.45, 2.75) is 6.54 Å². The molecule has 3 aromatic carbocycles. The van der Waals surface area contributed by atoms with Gasteiger partial charge >= 0.3 is 5.69 Å². The van der Waals surface area contributed by atoms with Crippen LogP contribution in [0.5, 0.6) is 11.5 Å². The lowest BCUT2D eigenvalue weighted by Crippen LogP contribution is -2.27. The summed E-state index contributed by atoms with van der Waals surface area (Å²) in [6, 6.07) is 16.3. The van der Waals surface area contributed by atoms with Gasteiger partial charge in [0.2, 0.25) is 5.75 Å². The van der Waals surface area contributed by atoms with Gasteiger partial charge < -0.3 is 4.74 Å². The first-order valence-electron chi connectivity index (χ1n) is 9.92. The summed E-state index contributed by atoms with van der Waals surface area (Å²) in [6.07, 6.45) is 1.45. The summed E-state index contributed by atoms with van der Waals surface area (Å²) in [5.41, 5.74) is 0.0326. The molecule has 12 heteroatoms. The van der Waals surface area contributed by atoms with E-state index < -0.39 is 32.4 Å². The van der Waals surface area contributed by atoms with Crippen LogP contribution in [0.2, 0.25) is 5.02 Å². The molecule has 3 aromatic rings. The molecule has 1 saturated heterocycles. The largest absolute Gasteiger partial charge is 0.449 e. The van der Waals surface area contributed by atoms with Crippen LogP contribution in [0.3, 0.4) is 0 Å². The van der Waals surface area contributed by atoms with Gasteiger partial charge in [0, 0.05) is 16.7 Å². The van der Waals surface area contributed by atoms with E-state index in [1.165, 1.54) is 12.1 Å². The van der Waals surface area contributed by atoms with Gasteiger partial charge in [0.1, 0.15) is 5.75 Å². The van der Waals surface area contributed by atoms with Gasteiger partial charge in [0.15, 0.2) is 0 Å². The van der Waals surface area contributed by atoms with Crippen molar-refractivity contribution in [2.75, 3.05) is 0 Å². The van der Waals surface area contributed by atoms with E-state index in [-0.39, 0.29) is 22.9 Å². The van der Waals surface area contributed by atoms with E-state index in [0.717, 1.165) is 34.9 Å². The van der Waals surface area contributed by atoms with Crippen molar-refractivity contribution >= 4 is 52.0 Å². The molecule has 0 saturated carbocycles. The Kier molecular flexibility index (Phi) is 6.80. The van der Waals surface area contributed by atoms with Crippen LogP contribution < -0.4 is 4.74 Å². The molecule has 4 rings (SSSR count). The third kappa shape index (κ3) is 5.31. The number of hydrogen-bond donors (Lipinski definition) is 0. The molecule has 1 fully saturated rings. The number of imide groups is 1. The van der Waals surface area contributed by atoms with Crippen molar-refractivity contribution in [3.8, 4) is 11.5 Å². The highest BCUT2D eigenvalue weighted by Crippen LogP contribution is 2.38. The van der Waals surface area contributed by atoms with E-state index in [9.17, 15) is 29.8 Å². The summed E-state index contributed by atoms with van der Waals surface area (Å²) < 4.78 is 5.70. The van der Waals surface area contributed by atoms with Crippen molar-refractivity contribution in [3.05, 3.63) is 108 Å². The normalized spacial score (nSPS) is 14.4. The van der Waals surface area contributed by atoms with E-state index in [1.54, 1.807) is 42.5 Å². The van der Waals surface area contributed by atoms with E-state index in [4.69, 9.17) is 16.3 Å². The average molecular weight is 512 g/mol. The van der Waals surface area contributed by atoms with Crippen LogP contribution in [0, 0.1) is 20.2 Å². The number of rotatable bonds is 7. The molecule has 176 valence electrons. The molecule has 1 aliphatic heterocycles. The predicted octanol–water partition coefficient (Wildman–Crippen LogP) is 6.19. The van der Waals surface area contributed by atoms with Crippen LogP contribution >= 0.6 is 23.4 Å². The third-order valence-corrected chi connectivity index (χ3v) is 6.02. The molecule has 0 aliphatic carbocycles. The number of non-ortho nitro benzene ring substituents is 1. The first kappa shape index (κ1) is 23.9. The second kappa shape index (κ2) is 9.95. The second-order valence-corrected chi connectivity index (χ2v) is 8.63. The van der Waals surface area contributed by atoms with Gasteiger partial charge in [0.25, 0.3) is 16.8 Å². The van der Waals surface area contributed by atoms with E-state index >= 15 is 0 Å². The van der Waals surface area contributed by atoms with E-state index in [0.29, 0.717) is 16.1 Å². The number of hydrogen-bond acceptors (Lipinski definition) is 8. The maximum atomic E-state index is 12.9. The number of nitro groups is 2. The minimum absolute atomic E-state index is 0.0513. The number of halogens is 1. The number of amides is 2. The highest BCUT2D eigenvalue weighted by atomic mass is 35.5. The Balaban J connectivity index is 1.62. The molecule has 0 atom stereocenters. The zero-order chi connectivity index (χ0) is 25.1. The molecule has 2 amide bonds. The molecule has 0 N–H and O–H groups in total. The zero-order valence-corrected chi connectivity index (χ0v) is 19.2. The molecular formula is C23H14ClN3O7S. The van der Waals surface area contributed by atoms with Crippen molar-refractivity contribution in [2.24, 2.45) is 0 Å². The second-order valence-electron chi connectivity index (χ2n) is 7.20. The summed E-state index contributed by atoms with van der Waals surface area (Å²) >= 11 is 6.74. The molecular weight excluding hydrogens is 498 g/mol. The molecule has 0 spiro atoms. The van der Waals surface area contributed by atoms with Crippen LogP contribution in [-0.2, 0) is 11.3 Å². The van der Waals surface area contributed by atoms with Gasteiger partial charge in [-0.25, -0.2) is 0 Å². The SMILES string of the molecule is O=C1S/C(=C\c2ccccc2Oc2ccc([N+](=O)[O-])cc2[N+](=O)[O-])C(=O)N1Cc1cccc(Cl)c1. The number of carbonyl (C=O) groups excluding carboxylic acids is 2. The molecule has 35 heavy (non-hydrogen) atoms. The standard InChI is InChI=1S/C23H14ClN3O7S/c24-16-6-3-4-14(10-16)13-25-22(28)21(35-23(25)29)11-15-5-1-2-7-19(15)34-20-9-8-17(26(30)31)12-18(20)27(32)33/h1-12H,13H2/b21-11-. The lowest BCUT2D eigenvalue weighted by Gasteiger charge is -2.12. The summed E-state index contributed by atoms with van der Waals surface area (Å²) in [7, 11) is 0. The van der Waals surface area contributed by atoms with Gasteiger partial charge in [-0.1, -0.05) is 41.9 Å². The minimum atomic E-state index is -0.786. The summed E-state index contributed by atoms with van der Waals surface area (Å²) in [5.74, 6) is -0.558. The Bertz CT molecular complexity index is 1410. The molecule has 1 heterocycles. The van der Waals surface area contributed by atoms with Crippen LogP contribution in [0.4, 0.5) is 16.2 Å². The predicted molar refractivity (Wildman–Crippen MR) is 129 cm³/mol. The fraction of sp³-hybridized carbons (Fsp3) is 0.0435. The smallest absolute Gasteiger partial charge is 0.318 e. The quantitative estimate of drug-likeness (QED) is 0.208. The van der Waals surface area contributed by atoms with Crippen molar-refractivity contribution in [3.63, 3.8) is 0 Å². The summed E-state index contributed by atoms with van der Waals surface area (Å²) in [6.45, 7) is 0.0513. The molecule has 0 unspecified atom stereocenters. The molecule has 0 bridgehead atoms. The van der Waals surface area contributed by atoms with E-state index in [2.05, 4.69) is 0 Å². The monoisotopic (exact) mass is 511 g/mol. The first-order chi connectivity index (χ1) is 16.7. The fourth-order valence-corrected chi connectivity index (χ4v) is 4.30. The Morgan fingerprint density at radius 1 is 0.943 bits per heavy atom. The van der Waals surface area contributed by atoms with Crippen LogP contribution in [0.15, 0.2) is 71.6 Å². The van der Waals surface area contributed by atoms with Gasteiger partial charge in [0.05, 0.1) is 27.4 Å². The Morgan fingerprint density at radius 2 is 1.71 bits per heavy atom. The van der Waals surface area contributed by atoms with Crippen molar-refractivity contribution in [1.82, 2.24) is 4.90 Å². The Hall–Kier alpha value is -4.22. The highest BCUT2D eigenvalue weighted by molar-refractivity contribution is 8.18. The molecule has 0 radical (unpaired) electrons. The Morgan fingerprint density at radius 3 is 2.43 bits per heavy atom. The number of para-hydroxylation sites is 1. The lowest BCUT2D eigenvalue weighted by atomic mass is 10.1. The van der Waals surface area contributed by atoms with Gasteiger partial charge in [-0.2, -0.15) is 0 Å².